The summed E-state index contributed by atoms with van der Waals surface area (Å²) in [6.45, 7) is 2.26. The van der Waals surface area contributed by atoms with Gasteiger partial charge in [0.05, 0.1) is 25.4 Å². The molecule has 2 aromatic rings. The Balaban J connectivity index is 1.66. The number of carboxylic acids is 1. The molecule has 1 heterocycles. The fourth-order valence-corrected chi connectivity index (χ4v) is 7.21. The Morgan fingerprint density at radius 2 is 1.19 bits per heavy atom. The van der Waals surface area contributed by atoms with Gasteiger partial charge in [-0.2, -0.15) is 0 Å². The number of unbranched alkanes of at least 4 members (excludes halogenated alkanes) is 1. The lowest BCUT2D eigenvalue weighted by Crippen LogP contribution is -2.61. The van der Waals surface area contributed by atoms with Crippen molar-refractivity contribution in [2.24, 2.45) is 11.5 Å². The number of carbonyl (C=O) groups excluding carboxylic acids is 8. The number of hydrogen-bond acceptors (Lipinski definition) is 15. The first-order valence-electron chi connectivity index (χ1n) is 22.5. The number of aliphatic carboxylic acids is 1. The molecule has 0 aliphatic carbocycles. The second kappa shape index (κ2) is 27.9. The number of phenolic OH excluding ortho intramolecular Hbond substituents is 1. The molecule has 1 aliphatic rings. The highest BCUT2D eigenvalue weighted by Crippen LogP contribution is 2.19. The van der Waals surface area contributed by atoms with Crippen LogP contribution in [0.1, 0.15) is 64.0 Å². The predicted molar refractivity (Wildman–Crippen MR) is 246 cm³/mol. The number of carbonyl (C=O) groups is 9. The van der Waals surface area contributed by atoms with Gasteiger partial charge in [-0.3, -0.25) is 38.4 Å². The zero-order chi connectivity index (χ0) is 51.4. The summed E-state index contributed by atoms with van der Waals surface area (Å²) in [7, 11) is 0. The minimum Gasteiger partial charge on any atom is -0.508 e. The molecule has 69 heavy (non-hydrogen) atoms. The normalized spacial score (nSPS) is 17.2. The molecule has 1 fully saturated rings. The fraction of sp³-hybridized carbons (Fsp3) is 0.533. The van der Waals surface area contributed by atoms with E-state index >= 15 is 0 Å². The fourth-order valence-electron chi connectivity index (χ4n) is 7.21. The van der Waals surface area contributed by atoms with Crippen LogP contribution in [0.15, 0.2) is 54.6 Å². The van der Waals surface area contributed by atoms with Gasteiger partial charge in [0.2, 0.25) is 47.3 Å². The van der Waals surface area contributed by atoms with Crippen LogP contribution in [0.5, 0.6) is 5.75 Å². The van der Waals surface area contributed by atoms with Gasteiger partial charge in [0.1, 0.15) is 54.1 Å². The molecule has 24 nitrogen and oxygen atoms in total. The maximum atomic E-state index is 13.7. The van der Waals surface area contributed by atoms with Crippen molar-refractivity contribution in [3.8, 4) is 5.75 Å². The average Bonchev–Trinajstić information content (AvgIpc) is 3.81. The van der Waals surface area contributed by atoms with E-state index in [2.05, 4.69) is 37.2 Å². The van der Waals surface area contributed by atoms with Gasteiger partial charge < -0.3 is 79.1 Å². The molecule has 0 spiro atoms. The minimum absolute atomic E-state index is 0.0327. The molecule has 10 unspecified atom stereocenters. The zero-order valence-corrected chi connectivity index (χ0v) is 38.8. The van der Waals surface area contributed by atoms with E-state index in [-0.39, 0.29) is 50.9 Å². The van der Waals surface area contributed by atoms with Crippen LogP contribution >= 0.6 is 0 Å². The minimum atomic E-state index is -1.68. The number of nitrogens with zero attached hydrogens (tertiary/aromatic N) is 1. The molecule has 1 aliphatic heterocycles. The molecule has 16 N–H and O–H groups in total. The third-order valence-electron chi connectivity index (χ3n) is 11.2. The van der Waals surface area contributed by atoms with Gasteiger partial charge in [-0.1, -0.05) is 42.5 Å². The van der Waals surface area contributed by atoms with Crippen LogP contribution in [0.3, 0.4) is 0 Å². The van der Waals surface area contributed by atoms with Crippen molar-refractivity contribution in [3.63, 3.8) is 0 Å². The van der Waals surface area contributed by atoms with Crippen molar-refractivity contribution in [1.82, 2.24) is 42.1 Å². The highest BCUT2D eigenvalue weighted by molar-refractivity contribution is 5.98. The number of benzene rings is 2. The summed E-state index contributed by atoms with van der Waals surface area (Å²) in [5.74, 6) is -8.54. The summed E-state index contributed by atoms with van der Waals surface area (Å²) >= 11 is 0. The molecule has 2 aromatic carbocycles. The molecular weight excluding hydrogens is 905 g/mol. The average molecular weight is 971 g/mol. The number of phenols is 1. The highest BCUT2D eigenvalue weighted by atomic mass is 16.4. The molecule has 0 aromatic heterocycles. The van der Waals surface area contributed by atoms with Crippen LogP contribution in [0.2, 0.25) is 0 Å². The van der Waals surface area contributed by atoms with E-state index < -0.39 is 127 Å². The van der Waals surface area contributed by atoms with Gasteiger partial charge in [-0.15, -0.1) is 0 Å². The summed E-state index contributed by atoms with van der Waals surface area (Å²) < 4.78 is 0. The Morgan fingerprint density at radius 3 is 1.77 bits per heavy atom. The molecule has 0 bridgehead atoms. The number of nitrogens with two attached hydrogens (primary N) is 2. The van der Waals surface area contributed by atoms with E-state index in [0.717, 1.165) is 4.90 Å². The van der Waals surface area contributed by atoms with Gasteiger partial charge >= 0.3 is 5.97 Å². The Kier molecular flexibility index (Phi) is 22.9. The molecule has 1 saturated heterocycles. The summed E-state index contributed by atoms with van der Waals surface area (Å²) in [6.07, 6.45) is -0.597. The highest BCUT2D eigenvalue weighted by Gasteiger charge is 2.40. The SMILES string of the molecule is CC(N)C(=O)NC(Cc1ccc(O)cc1)C(=O)NC(CO)C(=O)N1CCCC1C(=O)NC(C)C(=O)NC(CO)C(=O)NC(CCCCN)C(=O)NC(C(=O)NC(Cc1ccccc1)C(=O)O)C(C)O. The van der Waals surface area contributed by atoms with Gasteiger partial charge in [0, 0.05) is 19.4 Å². The molecule has 380 valence electrons. The number of aliphatic hydroxyl groups is 3. The van der Waals surface area contributed by atoms with E-state index in [9.17, 15) is 68.7 Å². The van der Waals surface area contributed by atoms with Crippen LogP contribution in [-0.4, -0.2) is 170 Å². The van der Waals surface area contributed by atoms with Crippen molar-refractivity contribution in [3.05, 3.63) is 65.7 Å². The van der Waals surface area contributed by atoms with Crippen molar-refractivity contribution in [2.45, 2.75) is 126 Å². The van der Waals surface area contributed by atoms with Gasteiger partial charge in [0.25, 0.3) is 0 Å². The number of carboxylic acid groups (broad SMARTS) is 1. The number of hydrogen-bond donors (Lipinski definition) is 14. The van der Waals surface area contributed by atoms with E-state index in [1.807, 2.05) is 0 Å². The molecule has 10 atom stereocenters. The summed E-state index contributed by atoms with van der Waals surface area (Å²) in [5.41, 5.74) is 12.4. The Morgan fingerprint density at radius 1 is 0.652 bits per heavy atom. The maximum absolute atomic E-state index is 13.7. The molecular formula is C45H66N10O14. The number of likely N-dealkylation sites (tertiary alicyclic amines) is 1. The standard InChI is InChI=1S/C45H66N10O14/c1-24(47)37(60)50-31(20-28-14-16-29(59)17-15-28)40(63)53-34(23-57)44(67)55-19-9-13-35(55)42(65)48-25(2)38(61)52-33(22-56)41(64)49-30(12-7-8-18-46)39(62)54-36(26(3)58)43(66)51-32(45(68)69)21-27-10-5-4-6-11-27/h4-6,10-11,14-17,24-26,30-36,56-59H,7-9,12-13,18-23,46-47H2,1-3H3,(H,48,65)(H,49,64)(H,50,60)(H,51,66)(H,52,61)(H,53,63)(H,54,62)(H,68,69). The van der Waals surface area contributed by atoms with Gasteiger partial charge in [-0.05, 0) is 82.7 Å². The van der Waals surface area contributed by atoms with Gasteiger partial charge in [-0.25, -0.2) is 4.79 Å². The smallest absolute Gasteiger partial charge is 0.326 e. The molecule has 3 rings (SSSR count). The predicted octanol–water partition coefficient (Wildman–Crippen LogP) is -4.49. The van der Waals surface area contributed by atoms with E-state index in [1.165, 1.54) is 45.0 Å². The van der Waals surface area contributed by atoms with Crippen molar-refractivity contribution in [2.75, 3.05) is 26.3 Å². The van der Waals surface area contributed by atoms with Crippen molar-refractivity contribution >= 4 is 53.2 Å². The van der Waals surface area contributed by atoms with Gasteiger partial charge in [0.15, 0.2) is 0 Å². The lowest BCUT2D eigenvalue weighted by Gasteiger charge is -2.30. The molecule has 0 saturated carbocycles. The lowest BCUT2D eigenvalue weighted by atomic mass is 10.0. The Labute approximate surface area is 398 Å². The first kappa shape index (κ1) is 56.6. The monoisotopic (exact) mass is 970 g/mol. The quantitative estimate of drug-likeness (QED) is 0.0375. The Bertz CT molecular complexity index is 2080. The zero-order valence-electron chi connectivity index (χ0n) is 38.8. The third-order valence-corrected chi connectivity index (χ3v) is 11.2. The number of nitrogens with one attached hydrogen (secondary N) is 7. The summed E-state index contributed by atoms with van der Waals surface area (Å²) in [4.78, 5) is 120. The number of rotatable bonds is 27. The maximum Gasteiger partial charge on any atom is 0.326 e. The third kappa shape index (κ3) is 17.7. The van der Waals surface area contributed by atoms with Crippen LogP contribution in [0, 0.1) is 0 Å². The van der Waals surface area contributed by atoms with Crippen molar-refractivity contribution < 1.29 is 68.7 Å². The first-order valence-corrected chi connectivity index (χ1v) is 22.5. The van der Waals surface area contributed by atoms with E-state index in [0.29, 0.717) is 24.0 Å². The molecule has 8 amide bonds. The second-order valence-corrected chi connectivity index (χ2v) is 16.8. The van der Waals surface area contributed by atoms with Crippen LogP contribution in [-0.2, 0) is 56.0 Å². The number of aromatic hydroxyl groups is 1. The van der Waals surface area contributed by atoms with Crippen LogP contribution in [0.25, 0.3) is 0 Å². The summed E-state index contributed by atoms with van der Waals surface area (Å²) in [5, 5.41) is 67.0. The number of aliphatic hydroxyl groups excluding tert-OH is 3. The van der Waals surface area contributed by atoms with E-state index in [1.54, 1.807) is 30.3 Å². The van der Waals surface area contributed by atoms with Crippen LogP contribution < -0.4 is 48.7 Å². The first-order chi connectivity index (χ1) is 32.7. The topological polar surface area (TPSA) is 394 Å². The van der Waals surface area contributed by atoms with Crippen LogP contribution in [0.4, 0.5) is 0 Å². The second-order valence-electron chi connectivity index (χ2n) is 16.8. The van der Waals surface area contributed by atoms with E-state index in [4.69, 9.17) is 11.5 Å². The summed E-state index contributed by atoms with van der Waals surface area (Å²) in [6, 6.07) is 1.70. The largest absolute Gasteiger partial charge is 0.508 e. The Hall–Kier alpha value is -6.73. The van der Waals surface area contributed by atoms with Crippen molar-refractivity contribution in [1.29, 1.82) is 0 Å². The molecule has 0 radical (unpaired) electrons. The molecule has 24 heteroatoms. The number of amides is 8. The lowest BCUT2D eigenvalue weighted by molar-refractivity contribution is -0.143.